The van der Waals surface area contributed by atoms with E-state index < -0.39 is 12.1 Å². The highest BCUT2D eigenvalue weighted by Crippen LogP contribution is 2.17. The van der Waals surface area contributed by atoms with E-state index in [9.17, 15) is 9.59 Å². The maximum Gasteiger partial charge on any atom is 0.414 e. The van der Waals surface area contributed by atoms with Crippen molar-refractivity contribution in [3.8, 4) is 5.88 Å². The van der Waals surface area contributed by atoms with Gasteiger partial charge >= 0.3 is 12.1 Å². The smallest absolute Gasteiger partial charge is 0.414 e. The van der Waals surface area contributed by atoms with Gasteiger partial charge in [0.25, 0.3) is 0 Å². The van der Waals surface area contributed by atoms with Crippen molar-refractivity contribution < 1.29 is 19.1 Å². The van der Waals surface area contributed by atoms with Gasteiger partial charge in [-0.2, -0.15) is 0 Å². The summed E-state index contributed by atoms with van der Waals surface area (Å²) in [6.07, 6.45) is 0.669. The molecular weight excluding hydrogens is 232 g/mol. The Morgan fingerprint density at radius 2 is 2.31 bits per heavy atom. The number of ether oxygens (including phenoxy) is 2. The first-order valence-electron chi connectivity index (χ1n) is 4.30. The van der Waals surface area contributed by atoms with E-state index in [1.807, 2.05) is 0 Å². The number of esters is 1. The molecule has 0 fully saturated rings. The predicted molar refractivity (Wildman–Crippen MR) is 57.5 cm³/mol. The number of amides is 1. The molecule has 1 aromatic rings. The fourth-order valence-electron chi connectivity index (χ4n) is 0.801. The van der Waals surface area contributed by atoms with Crippen molar-refractivity contribution in [2.75, 3.05) is 13.7 Å². The third-order valence-electron chi connectivity index (χ3n) is 1.55. The Labute approximate surface area is 97.4 Å². The fraction of sp³-hybridized carbons (Fsp3) is 0.222. The minimum absolute atomic E-state index is 0.0770. The van der Waals surface area contributed by atoms with Gasteiger partial charge in [0.15, 0.2) is 0 Å². The van der Waals surface area contributed by atoms with Crippen LogP contribution in [0.3, 0.4) is 0 Å². The molecule has 0 spiro atoms. The first kappa shape index (κ1) is 12.3. The van der Waals surface area contributed by atoms with E-state index in [0.717, 1.165) is 0 Å². The second kappa shape index (κ2) is 5.96. The number of carbonyl (C=O) groups is 2. The number of nitrogens with zero attached hydrogens (tertiary/aromatic N) is 1. The molecule has 7 heteroatoms. The van der Waals surface area contributed by atoms with Crippen molar-refractivity contribution in [1.82, 2.24) is 10.3 Å². The summed E-state index contributed by atoms with van der Waals surface area (Å²) in [5.74, 6) is -0.489. The molecule has 1 aromatic heterocycles. The maximum absolute atomic E-state index is 11.2. The first-order chi connectivity index (χ1) is 7.63. The van der Waals surface area contributed by atoms with Crippen LogP contribution in [0, 0.1) is 0 Å². The molecule has 0 saturated carbocycles. The van der Waals surface area contributed by atoms with Gasteiger partial charge in [0.1, 0.15) is 6.54 Å². The van der Waals surface area contributed by atoms with Gasteiger partial charge in [-0.1, -0.05) is 0 Å². The number of carbonyl (C=O) groups excluding carboxylic acids is 2. The largest absolute Gasteiger partial charge is 0.468 e. The van der Waals surface area contributed by atoms with Gasteiger partial charge in [-0.15, -0.1) is 12.6 Å². The van der Waals surface area contributed by atoms with E-state index in [1.165, 1.54) is 13.3 Å². The summed E-state index contributed by atoms with van der Waals surface area (Å²) in [4.78, 5) is 26.1. The van der Waals surface area contributed by atoms with Gasteiger partial charge in [-0.25, -0.2) is 9.78 Å². The Morgan fingerprint density at radius 1 is 1.56 bits per heavy atom. The molecule has 0 aliphatic heterocycles. The quantitative estimate of drug-likeness (QED) is 0.600. The normalized spacial score (nSPS) is 9.38. The zero-order valence-electron chi connectivity index (χ0n) is 8.47. The van der Waals surface area contributed by atoms with Crippen LogP contribution in [0.25, 0.3) is 0 Å². The number of hydrogen-bond donors (Lipinski definition) is 2. The molecule has 0 atom stereocenters. The SMILES string of the molecule is COC(=O)CNC(=O)Oc1ncccc1S. The average molecular weight is 242 g/mol. The number of pyridine rings is 1. The second-order valence-electron chi connectivity index (χ2n) is 2.65. The van der Waals surface area contributed by atoms with Crippen LogP contribution in [0.15, 0.2) is 23.2 Å². The Balaban J connectivity index is 2.46. The summed E-state index contributed by atoms with van der Waals surface area (Å²) in [5.41, 5.74) is 0. The topological polar surface area (TPSA) is 77.5 Å². The predicted octanol–water partition coefficient (Wildman–Crippen LogP) is 0.632. The van der Waals surface area contributed by atoms with Gasteiger partial charge in [0.2, 0.25) is 5.88 Å². The highest BCUT2D eigenvalue weighted by atomic mass is 32.1. The number of thiol groups is 1. The summed E-state index contributed by atoms with van der Waals surface area (Å²) in [5, 5.41) is 2.20. The minimum Gasteiger partial charge on any atom is -0.468 e. The monoisotopic (exact) mass is 242 g/mol. The molecule has 1 rings (SSSR count). The van der Waals surface area contributed by atoms with Crippen LogP contribution in [0.2, 0.25) is 0 Å². The van der Waals surface area contributed by atoms with Crippen LogP contribution in [0.1, 0.15) is 0 Å². The van der Waals surface area contributed by atoms with E-state index in [1.54, 1.807) is 12.1 Å². The fourth-order valence-corrected chi connectivity index (χ4v) is 0.991. The van der Waals surface area contributed by atoms with Crippen molar-refractivity contribution in [3.63, 3.8) is 0 Å². The molecule has 16 heavy (non-hydrogen) atoms. The Hall–Kier alpha value is -1.76. The number of nitrogens with one attached hydrogen (secondary N) is 1. The zero-order chi connectivity index (χ0) is 12.0. The molecular formula is C9H10N2O4S. The second-order valence-corrected chi connectivity index (χ2v) is 3.13. The van der Waals surface area contributed by atoms with Crippen molar-refractivity contribution >= 4 is 24.7 Å². The highest BCUT2D eigenvalue weighted by Gasteiger charge is 2.09. The van der Waals surface area contributed by atoms with Crippen LogP contribution < -0.4 is 10.1 Å². The van der Waals surface area contributed by atoms with Gasteiger partial charge < -0.3 is 14.8 Å². The van der Waals surface area contributed by atoms with Crippen molar-refractivity contribution in [2.45, 2.75) is 4.90 Å². The van der Waals surface area contributed by atoms with Gasteiger partial charge in [-0.3, -0.25) is 4.79 Å². The molecule has 0 aromatic carbocycles. The molecule has 1 N–H and O–H groups in total. The average Bonchev–Trinajstić information content (AvgIpc) is 2.29. The van der Waals surface area contributed by atoms with Gasteiger partial charge in [-0.05, 0) is 12.1 Å². The lowest BCUT2D eigenvalue weighted by Gasteiger charge is -2.05. The lowest BCUT2D eigenvalue weighted by atomic mass is 10.5. The third-order valence-corrected chi connectivity index (χ3v) is 1.89. The molecule has 0 aliphatic carbocycles. The van der Waals surface area contributed by atoms with Crippen LogP contribution in [0.5, 0.6) is 5.88 Å². The summed E-state index contributed by atoms with van der Waals surface area (Å²) in [6, 6.07) is 3.28. The standard InChI is InChI=1S/C9H10N2O4S/c1-14-7(12)5-11-9(13)15-8-6(16)3-2-4-10-8/h2-4,16H,5H2,1H3,(H,11,13). The molecule has 0 saturated heterocycles. The lowest BCUT2D eigenvalue weighted by molar-refractivity contribution is -0.139. The van der Waals surface area contributed by atoms with E-state index in [4.69, 9.17) is 4.74 Å². The van der Waals surface area contributed by atoms with E-state index in [-0.39, 0.29) is 12.4 Å². The molecule has 0 aliphatic rings. The maximum atomic E-state index is 11.2. The van der Waals surface area contributed by atoms with E-state index in [2.05, 4.69) is 27.7 Å². The summed E-state index contributed by atoms with van der Waals surface area (Å²) < 4.78 is 9.13. The van der Waals surface area contributed by atoms with Gasteiger partial charge in [0, 0.05) is 6.20 Å². The Bertz CT molecular complexity index is 397. The van der Waals surface area contributed by atoms with Crippen LogP contribution in [0.4, 0.5) is 4.79 Å². The molecule has 1 amide bonds. The highest BCUT2D eigenvalue weighted by molar-refractivity contribution is 7.80. The number of hydrogen-bond acceptors (Lipinski definition) is 6. The van der Waals surface area contributed by atoms with E-state index >= 15 is 0 Å². The number of rotatable bonds is 3. The summed E-state index contributed by atoms with van der Waals surface area (Å²) in [6.45, 7) is -0.260. The van der Waals surface area contributed by atoms with Crippen LogP contribution in [-0.2, 0) is 9.53 Å². The Kier molecular flexibility index (Phi) is 4.59. The number of aromatic nitrogens is 1. The van der Waals surface area contributed by atoms with Crippen LogP contribution in [-0.4, -0.2) is 30.7 Å². The van der Waals surface area contributed by atoms with Crippen molar-refractivity contribution in [3.05, 3.63) is 18.3 Å². The summed E-state index contributed by atoms with van der Waals surface area (Å²) >= 11 is 4.04. The van der Waals surface area contributed by atoms with E-state index in [0.29, 0.717) is 4.90 Å². The molecule has 1 heterocycles. The lowest BCUT2D eigenvalue weighted by Crippen LogP contribution is -2.32. The number of methoxy groups -OCH3 is 1. The zero-order valence-corrected chi connectivity index (χ0v) is 9.36. The third kappa shape index (κ3) is 3.77. The van der Waals surface area contributed by atoms with Crippen LogP contribution >= 0.6 is 12.6 Å². The minimum atomic E-state index is -0.792. The van der Waals surface area contributed by atoms with Crippen molar-refractivity contribution in [2.24, 2.45) is 0 Å². The van der Waals surface area contributed by atoms with Gasteiger partial charge in [0.05, 0.1) is 12.0 Å². The molecule has 0 bridgehead atoms. The van der Waals surface area contributed by atoms with Crippen molar-refractivity contribution in [1.29, 1.82) is 0 Å². The molecule has 86 valence electrons. The molecule has 0 unspecified atom stereocenters. The summed E-state index contributed by atoms with van der Waals surface area (Å²) in [7, 11) is 1.22. The first-order valence-corrected chi connectivity index (χ1v) is 4.74. The molecule has 0 radical (unpaired) electrons. The Morgan fingerprint density at radius 3 is 2.94 bits per heavy atom. The molecule has 6 nitrogen and oxygen atoms in total.